The van der Waals surface area contributed by atoms with Gasteiger partial charge < -0.3 is 19.3 Å². The molecule has 0 aliphatic carbocycles. The monoisotopic (exact) mass is 477 g/mol. The van der Waals surface area contributed by atoms with E-state index < -0.39 is 21.2 Å². The van der Waals surface area contributed by atoms with Gasteiger partial charge in [-0.15, -0.1) is 0 Å². The Balaban J connectivity index is 1.35. The molecular weight excluding hydrogens is 446 g/mol. The molecule has 0 saturated carbocycles. The fourth-order valence-corrected chi connectivity index (χ4v) is 6.87. The first-order valence-electron chi connectivity index (χ1n) is 11.7. The number of ether oxygens (including phenoxy) is 2. The number of rotatable bonds is 4. The first kappa shape index (κ1) is 22.8. The van der Waals surface area contributed by atoms with Crippen LogP contribution in [-0.2, 0) is 34.5 Å². The molecule has 33 heavy (non-hydrogen) atoms. The van der Waals surface area contributed by atoms with Crippen LogP contribution >= 0.6 is 0 Å². The number of hydrogen-bond donors (Lipinski definition) is 0. The van der Waals surface area contributed by atoms with Gasteiger partial charge in [-0.2, -0.15) is 4.31 Å². The minimum atomic E-state index is -3.59. The largest absolute Gasteiger partial charge is 0.347 e. The number of hydrogen-bond acceptors (Lipinski definition) is 6. The maximum atomic E-state index is 13.3. The number of anilines is 1. The number of likely N-dealkylation sites (tertiary alicyclic amines) is 1. The van der Waals surface area contributed by atoms with E-state index >= 15 is 0 Å². The first-order valence-corrected chi connectivity index (χ1v) is 13.1. The number of carbonyl (C=O) groups is 2. The number of benzene rings is 1. The van der Waals surface area contributed by atoms with Crippen LogP contribution in [0, 0.1) is 0 Å². The van der Waals surface area contributed by atoms with E-state index in [4.69, 9.17) is 9.47 Å². The lowest BCUT2D eigenvalue weighted by molar-refractivity contribution is -0.187. The van der Waals surface area contributed by atoms with Crippen LogP contribution in [0.3, 0.4) is 0 Å². The van der Waals surface area contributed by atoms with Gasteiger partial charge in [0.05, 0.1) is 23.5 Å². The van der Waals surface area contributed by atoms with Gasteiger partial charge in [-0.1, -0.05) is 0 Å². The van der Waals surface area contributed by atoms with E-state index in [0.717, 1.165) is 12.8 Å². The van der Waals surface area contributed by atoms with Gasteiger partial charge in [-0.25, -0.2) is 8.42 Å². The molecule has 1 aromatic rings. The van der Waals surface area contributed by atoms with Crippen LogP contribution in [0.5, 0.6) is 0 Å². The molecule has 0 N–H and O–H groups in total. The van der Waals surface area contributed by atoms with Crippen molar-refractivity contribution >= 4 is 27.5 Å². The zero-order chi connectivity index (χ0) is 23.4. The fourth-order valence-electron chi connectivity index (χ4n) is 5.33. The Morgan fingerprint density at radius 3 is 2.30 bits per heavy atom. The van der Waals surface area contributed by atoms with Gasteiger partial charge in [-0.3, -0.25) is 9.59 Å². The Hall–Kier alpha value is -2.01. The third-order valence-corrected chi connectivity index (χ3v) is 9.29. The van der Waals surface area contributed by atoms with Crippen molar-refractivity contribution in [1.29, 1.82) is 0 Å². The summed E-state index contributed by atoms with van der Waals surface area (Å²) in [5.41, 5.74) is 0.337. The number of fused-ring (bicyclic) bond motifs is 1. The Labute approximate surface area is 194 Å². The fraction of sp³-hybridized carbons (Fsp3) is 0.652. The lowest BCUT2D eigenvalue weighted by atomic mass is 9.86. The highest BCUT2D eigenvalue weighted by atomic mass is 32.2. The predicted octanol–water partition coefficient (Wildman–Crippen LogP) is 1.46. The first-order chi connectivity index (χ1) is 15.6. The van der Waals surface area contributed by atoms with Crippen LogP contribution in [0.15, 0.2) is 23.1 Å². The van der Waals surface area contributed by atoms with Crippen molar-refractivity contribution in [3.8, 4) is 0 Å². The smallest absolute Gasteiger partial charge is 0.243 e. The Morgan fingerprint density at radius 1 is 1.03 bits per heavy atom. The lowest BCUT2D eigenvalue weighted by Crippen LogP contribution is -2.50. The minimum absolute atomic E-state index is 0.0673. The second-order valence-corrected chi connectivity index (χ2v) is 11.7. The van der Waals surface area contributed by atoms with E-state index in [0.29, 0.717) is 63.5 Å². The molecule has 4 heterocycles. The van der Waals surface area contributed by atoms with Gasteiger partial charge in [0.15, 0.2) is 5.79 Å². The molecular formula is C23H31N3O6S. The Bertz CT molecular complexity index is 1060. The molecule has 1 aromatic carbocycles. The van der Waals surface area contributed by atoms with Crippen molar-refractivity contribution < 1.29 is 27.5 Å². The summed E-state index contributed by atoms with van der Waals surface area (Å²) in [4.78, 5) is 29.8. The zero-order valence-electron chi connectivity index (χ0n) is 19.2. The van der Waals surface area contributed by atoms with Crippen LogP contribution in [0.1, 0.15) is 45.1 Å². The summed E-state index contributed by atoms with van der Waals surface area (Å²) in [5.74, 6) is -0.891. The van der Waals surface area contributed by atoms with Gasteiger partial charge >= 0.3 is 0 Å². The van der Waals surface area contributed by atoms with Crippen LogP contribution in [-0.4, -0.2) is 81.2 Å². The van der Waals surface area contributed by atoms with Gasteiger partial charge in [0.1, 0.15) is 6.54 Å². The molecule has 0 aromatic heterocycles. The van der Waals surface area contributed by atoms with Crippen molar-refractivity contribution in [2.75, 3.05) is 50.8 Å². The Kier molecular flexibility index (Phi) is 5.55. The van der Waals surface area contributed by atoms with E-state index in [1.165, 1.54) is 9.21 Å². The minimum Gasteiger partial charge on any atom is -0.347 e. The van der Waals surface area contributed by atoms with E-state index in [1.807, 2.05) is 0 Å². The molecule has 2 amide bonds. The summed E-state index contributed by atoms with van der Waals surface area (Å²) >= 11 is 0. The zero-order valence-corrected chi connectivity index (χ0v) is 20.0. The van der Waals surface area contributed by atoms with E-state index in [-0.39, 0.29) is 23.3 Å². The SMILES string of the molecule is CC1(C)C(=O)N(CC(=O)N2CCC3(CC2)OCCO3)c2ccc(S(=O)(=O)N3CCCC3)cc21. The third-order valence-electron chi connectivity index (χ3n) is 7.40. The highest BCUT2D eigenvalue weighted by molar-refractivity contribution is 7.89. The normalized spacial score (nSPS) is 24.6. The highest BCUT2D eigenvalue weighted by Crippen LogP contribution is 2.43. The summed E-state index contributed by atoms with van der Waals surface area (Å²) in [6, 6.07) is 4.84. The van der Waals surface area contributed by atoms with Crippen molar-refractivity contribution in [3.05, 3.63) is 23.8 Å². The van der Waals surface area contributed by atoms with Crippen molar-refractivity contribution in [2.24, 2.45) is 0 Å². The van der Waals surface area contributed by atoms with Gasteiger partial charge in [0.2, 0.25) is 21.8 Å². The number of amides is 2. The summed E-state index contributed by atoms with van der Waals surface area (Å²) in [5, 5.41) is 0. The van der Waals surface area contributed by atoms with Gasteiger partial charge in [0.25, 0.3) is 0 Å². The van der Waals surface area contributed by atoms with E-state index in [1.54, 1.807) is 36.9 Å². The summed E-state index contributed by atoms with van der Waals surface area (Å²) in [6.45, 7) is 6.74. The second kappa shape index (κ2) is 8.04. The molecule has 1 spiro atoms. The maximum Gasteiger partial charge on any atom is 0.243 e. The van der Waals surface area contributed by atoms with Crippen molar-refractivity contribution in [3.63, 3.8) is 0 Å². The molecule has 0 unspecified atom stereocenters. The van der Waals surface area contributed by atoms with Crippen LogP contribution in [0.4, 0.5) is 5.69 Å². The molecule has 3 fully saturated rings. The molecule has 9 nitrogen and oxygen atoms in total. The average molecular weight is 478 g/mol. The molecule has 0 atom stereocenters. The van der Waals surface area contributed by atoms with Crippen LogP contribution < -0.4 is 4.90 Å². The summed E-state index contributed by atoms with van der Waals surface area (Å²) < 4.78 is 39.1. The maximum absolute atomic E-state index is 13.3. The predicted molar refractivity (Wildman–Crippen MR) is 120 cm³/mol. The molecule has 5 rings (SSSR count). The van der Waals surface area contributed by atoms with Crippen LogP contribution in [0.25, 0.3) is 0 Å². The topological polar surface area (TPSA) is 96.5 Å². The van der Waals surface area contributed by atoms with Crippen molar-refractivity contribution in [1.82, 2.24) is 9.21 Å². The van der Waals surface area contributed by atoms with E-state index in [2.05, 4.69) is 0 Å². The Morgan fingerprint density at radius 2 is 1.67 bits per heavy atom. The van der Waals surface area contributed by atoms with Gasteiger partial charge in [0, 0.05) is 44.7 Å². The molecule has 4 aliphatic heterocycles. The van der Waals surface area contributed by atoms with Crippen LogP contribution in [0.2, 0.25) is 0 Å². The van der Waals surface area contributed by atoms with Gasteiger partial charge in [-0.05, 0) is 50.5 Å². The number of carbonyl (C=O) groups excluding carboxylic acids is 2. The molecule has 4 aliphatic rings. The number of piperidine rings is 1. The van der Waals surface area contributed by atoms with Crippen molar-refractivity contribution in [2.45, 2.75) is 55.6 Å². The second-order valence-electron chi connectivity index (χ2n) is 9.79. The molecule has 0 radical (unpaired) electrons. The third kappa shape index (κ3) is 3.77. The van der Waals surface area contributed by atoms with E-state index in [9.17, 15) is 18.0 Å². The lowest BCUT2D eigenvalue weighted by Gasteiger charge is -2.38. The number of nitrogens with zero attached hydrogens (tertiary/aromatic N) is 3. The average Bonchev–Trinajstić information content (AvgIpc) is 3.53. The molecule has 0 bridgehead atoms. The molecule has 10 heteroatoms. The molecule has 180 valence electrons. The summed E-state index contributed by atoms with van der Waals surface area (Å²) in [7, 11) is -3.59. The standard InChI is InChI=1S/C23H31N3O6S/c1-22(2)18-15-17(33(29,30)25-9-3-4-10-25)5-6-19(18)26(21(22)28)16-20(27)24-11-7-23(8-12-24)31-13-14-32-23/h5-6,15H,3-4,7-14,16H2,1-2H3. The molecule has 3 saturated heterocycles. The summed E-state index contributed by atoms with van der Waals surface area (Å²) in [6.07, 6.45) is 2.96. The number of sulfonamides is 1. The highest BCUT2D eigenvalue weighted by Gasteiger charge is 2.46. The quantitative estimate of drug-likeness (QED) is 0.652.